The van der Waals surface area contributed by atoms with E-state index >= 15 is 0 Å². The largest absolute Gasteiger partial charge is 0.391 e. The minimum atomic E-state index is -0.435. The summed E-state index contributed by atoms with van der Waals surface area (Å²) in [6.07, 6.45) is 1.14. The summed E-state index contributed by atoms with van der Waals surface area (Å²) in [5.74, 6) is 0.00733. The van der Waals surface area contributed by atoms with Gasteiger partial charge >= 0.3 is 0 Å². The number of rotatable bonds is 2. The van der Waals surface area contributed by atoms with Crippen molar-refractivity contribution in [1.29, 1.82) is 0 Å². The standard InChI is InChI=1S/C13H20ClN3O2/c1-8(2)11-10(12(14)16(3)15-11)13(19)17-6-4-5-9(18)7-17/h8-9,18H,4-7H2,1-3H3. The van der Waals surface area contributed by atoms with Gasteiger partial charge in [-0.2, -0.15) is 5.10 Å². The van der Waals surface area contributed by atoms with E-state index in [1.54, 1.807) is 11.9 Å². The van der Waals surface area contributed by atoms with Crippen molar-refractivity contribution in [3.05, 3.63) is 16.4 Å². The summed E-state index contributed by atoms with van der Waals surface area (Å²) in [4.78, 5) is 14.3. The number of aryl methyl sites for hydroxylation is 1. The SMILES string of the molecule is CC(C)c1nn(C)c(Cl)c1C(=O)N1CCCC(O)C1. The van der Waals surface area contributed by atoms with Crippen LogP contribution in [-0.4, -0.2) is 44.9 Å². The summed E-state index contributed by atoms with van der Waals surface area (Å²) in [5.41, 5.74) is 1.20. The zero-order valence-corrected chi connectivity index (χ0v) is 12.3. The Morgan fingerprint density at radius 1 is 1.53 bits per heavy atom. The molecule has 2 heterocycles. The molecule has 1 saturated heterocycles. The highest BCUT2D eigenvalue weighted by Crippen LogP contribution is 2.27. The summed E-state index contributed by atoms with van der Waals surface area (Å²) >= 11 is 6.20. The zero-order chi connectivity index (χ0) is 14.2. The highest BCUT2D eigenvalue weighted by Gasteiger charge is 2.29. The summed E-state index contributed by atoms with van der Waals surface area (Å²) < 4.78 is 1.53. The number of aromatic nitrogens is 2. The maximum absolute atomic E-state index is 12.6. The Hall–Kier alpha value is -1.07. The lowest BCUT2D eigenvalue weighted by Crippen LogP contribution is -2.42. The molecule has 5 nitrogen and oxygen atoms in total. The maximum atomic E-state index is 12.6. The van der Waals surface area contributed by atoms with Gasteiger partial charge in [0.2, 0.25) is 0 Å². The van der Waals surface area contributed by atoms with Crippen LogP contribution >= 0.6 is 11.6 Å². The maximum Gasteiger partial charge on any atom is 0.259 e. The second-order valence-electron chi connectivity index (χ2n) is 5.38. The average molecular weight is 286 g/mol. The summed E-state index contributed by atoms with van der Waals surface area (Å²) in [6, 6.07) is 0. The molecule has 106 valence electrons. The number of hydrogen-bond acceptors (Lipinski definition) is 3. The molecule has 0 spiro atoms. The zero-order valence-electron chi connectivity index (χ0n) is 11.6. The fourth-order valence-electron chi connectivity index (χ4n) is 2.42. The van der Waals surface area contributed by atoms with E-state index in [1.807, 2.05) is 13.8 Å². The summed E-state index contributed by atoms with van der Waals surface area (Å²) in [6.45, 7) is 5.02. The van der Waals surface area contributed by atoms with E-state index in [4.69, 9.17) is 11.6 Å². The monoisotopic (exact) mass is 285 g/mol. The third kappa shape index (κ3) is 2.77. The molecule has 1 aliphatic rings. The van der Waals surface area contributed by atoms with Gasteiger partial charge in [0.05, 0.1) is 17.4 Å². The van der Waals surface area contributed by atoms with Crippen molar-refractivity contribution < 1.29 is 9.90 Å². The van der Waals surface area contributed by atoms with Crippen molar-refractivity contribution in [1.82, 2.24) is 14.7 Å². The molecule has 1 N–H and O–H groups in total. The molecule has 6 heteroatoms. The number of amides is 1. The highest BCUT2D eigenvalue weighted by molar-refractivity contribution is 6.33. The third-order valence-corrected chi connectivity index (χ3v) is 3.88. The number of carbonyl (C=O) groups excluding carboxylic acids is 1. The van der Waals surface area contributed by atoms with E-state index in [2.05, 4.69) is 5.10 Å². The lowest BCUT2D eigenvalue weighted by atomic mass is 10.0. The molecule has 19 heavy (non-hydrogen) atoms. The van der Waals surface area contributed by atoms with Gasteiger partial charge in [-0.3, -0.25) is 9.48 Å². The number of hydrogen-bond donors (Lipinski definition) is 1. The first-order valence-electron chi connectivity index (χ1n) is 6.61. The molecule has 1 atom stereocenters. The fraction of sp³-hybridized carbons (Fsp3) is 0.692. The van der Waals surface area contributed by atoms with Crippen LogP contribution < -0.4 is 0 Å². The van der Waals surface area contributed by atoms with Crippen molar-refractivity contribution in [3.8, 4) is 0 Å². The third-order valence-electron chi connectivity index (χ3n) is 3.45. The minimum Gasteiger partial charge on any atom is -0.391 e. The lowest BCUT2D eigenvalue weighted by molar-refractivity contribution is 0.0472. The molecule has 0 aliphatic carbocycles. The van der Waals surface area contributed by atoms with Crippen LogP contribution in [0.5, 0.6) is 0 Å². The predicted molar refractivity (Wildman–Crippen MR) is 73.5 cm³/mol. The number of nitrogens with zero attached hydrogens (tertiary/aromatic N) is 3. The van der Waals surface area contributed by atoms with Crippen molar-refractivity contribution >= 4 is 17.5 Å². The summed E-state index contributed by atoms with van der Waals surface area (Å²) in [7, 11) is 1.73. The predicted octanol–water partition coefficient (Wildman–Crippen LogP) is 1.79. The van der Waals surface area contributed by atoms with Gasteiger partial charge in [-0.05, 0) is 18.8 Å². The van der Waals surface area contributed by atoms with Gasteiger partial charge in [0, 0.05) is 20.1 Å². The molecule has 1 fully saturated rings. The van der Waals surface area contributed by atoms with E-state index in [0.29, 0.717) is 23.8 Å². The molecule has 0 bridgehead atoms. The first kappa shape index (κ1) is 14.3. The molecule has 1 aliphatic heterocycles. The van der Waals surface area contributed by atoms with Crippen molar-refractivity contribution in [2.24, 2.45) is 7.05 Å². The minimum absolute atomic E-state index is 0.124. The van der Waals surface area contributed by atoms with E-state index in [-0.39, 0.29) is 11.8 Å². The van der Waals surface area contributed by atoms with Crippen LogP contribution in [0.2, 0.25) is 5.15 Å². The van der Waals surface area contributed by atoms with Crippen LogP contribution in [0.25, 0.3) is 0 Å². The first-order chi connectivity index (χ1) is 8.91. The number of aliphatic hydroxyl groups is 1. The number of halogens is 1. The Labute approximate surface area is 118 Å². The quantitative estimate of drug-likeness (QED) is 0.901. The number of likely N-dealkylation sites (tertiary alicyclic amines) is 1. The van der Waals surface area contributed by atoms with Crippen LogP contribution in [0.15, 0.2) is 0 Å². The first-order valence-corrected chi connectivity index (χ1v) is 6.99. The molecule has 0 saturated carbocycles. The average Bonchev–Trinajstić information content (AvgIpc) is 2.65. The highest BCUT2D eigenvalue weighted by atomic mass is 35.5. The topological polar surface area (TPSA) is 58.4 Å². The molecular formula is C13H20ClN3O2. The van der Waals surface area contributed by atoms with Crippen LogP contribution in [0.1, 0.15) is 48.7 Å². The Morgan fingerprint density at radius 3 is 2.79 bits per heavy atom. The molecule has 1 unspecified atom stereocenters. The number of β-amino-alcohol motifs (C(OH)–C–C–N with tert-alkyl or cyclic N) is 1. The Balaban J connectivity index is 2.32. The lowest BCUT2D eigenvalue weighted by Gasteiger charge is -2.30. The van der Waals surface area contributed by atoms with Gasteiger partial charge in [0.25, 0.3) is 5.91 Å². The fourth-order valence-corrected chi connectivity index (χ4v) is 2.64. The van der Waals surface area contributed by atoms with Crippen LogP contribution in [0, 0.1) is 0 Å². The molecule has 2 rings (SSSR count). The Bertz CT molecular complexity index is 484. The van der Waals surface area contributed by atoms with Gasteiger partial charge in [-0.15, -0.1) is 0 Å². The van der Waals surface area contributed by atoms with Crippen molar-refractivity contribution in [2.45, 2.75) is 38.7 Å². The smallest absolute Gasteiger partial charge is 0.259 e. The van der Waals surface area contributed by atoms with Crippen molar-refractivity contribution in [2.75, 3.05) is 13.1 Å². The van der Waals surface area contributed by atoms with Crippen LogP contribution in [0.3, 0.4) is 0 Å². The van der Waals surface area contributed by atoms with Crippen LogP contribution in [-0.2, 0) is 7.05 Å². The molecule has 1 amide bonds. The normalized spacial score (nSPS) is 20.1. The van der Waals surface area contributed by atoms with E-state index in [1.165, 1.54) is 4.68 Å². The van der Waals surface area contributed by atoms with Gasteiger partial charge < -0.3 is 10.0 Å². The van der Waals surface area contributed by atoms with Gasteiger partial charge in [0.1, 0.15) is 5.15 Å². The molecule has 0 aromatic carbocycles. The molecule has 1 aromatic heterocycles. The molecular weight excluding hydrogens is 266 g/mol. The Morgan fingerprint density at radius 2 is 2.21 bits per heavy atom. The number of piperidine rings is 1. The van der Waals surface area contributed by atoms with Crippen LogP contribution in [0.4, 0.5) is 0 Å². The second kappa shape index (κ2) is 5.51. The van der Waals surface area contributed by atoms with Gasteiger partial charge in [-0.1, -0.05) is 25.4 Å². The second-order valence-corrected chi connectivity index (χ2v) is 5.73. The van der Waals surface area contributed by atoms with E-state index in [0.717, 1.165) is 18.5 Å². The van der Waals surface area contributed by atoms with Gasteiger partial charge in [0.15, 0.2) is 0 Å². The Kier molecular flexibility index (Phi) is 4.16. The molecule has 1 aromatic rings. The van der Waals surface area contributed by atoms with E-state index < -0.39 is 6.10 Å². The molecule has 0 radical (unpaired) electrons. The number of carbonyl (C=O) groups is 1. The van der Waals surface area contributed by atoms with Crippen molar-refractivity contribution in [3.63, 3.8) is 0 Å². The number of aliphatic hydroxyl groups excluding tert-OH is 1. The van der Waals surface area contributed by atoms with Gasteiger partial charge in [-0.25, -0.2) is 0 Å². The van der Waals surface area contributed by atoms with E-state index in [9.17, 15) is 9.90 Å². The summed E-state index contributed by atoms with van der Waals surface area (Å²) in [5, 5.41) is 14.4.